The summed E-state index contributed by atoms with van der Waals surface area (Å²) in [6, 6.07) is 1.89. The molecule has 2 heterocycles. The van der Waals surface area contributed by atoms with Crippen LogP contribution in [0.4, 0.5) is 0 Å². The standard InChI is InChI=1S/C9H7N5O2/c1-16-7-8(12-5-13-9(7)15)14-3-2-11-6(14)4-10/h2-3,5H,1H3,(H,12,13,15). The fourth-order valence-electron chi connectivity index (χ4n) is 1.29. The van der Waals surface area contributed by atoms with Crippen molar-refractivity contribution >= 4 is 0 Å². The highest BCUT2D eigenvalue weighted by atomic mass is 16.5. The molecule has 7 heteroatoms. The highest BCUT2D eigenvalue weighted by Crippen LogP contribution is 2.15. The van der Waals surface area contributed by atoms with Gasteiger partial charge >= 0.3 is 0 Å². The maximum absolute atomic E-state index is 11.4. The van der Waals surface area contributed by atoms with E-state index in [0.717, 1.165) is 0 Å². The molecule has 2 rings (SSSR count). The molecule has 16 heavy (non-hydrogen) atoms. The lowest BCUT2D eigenvalue weighted by Crippen LogP contribution is -2.14. The van der Waals surface area contributed by atoms with E-state index in [9.17, 15) is 4.79 Å². The van der Waals surface area contributed by atoms with Gasteiger partial charge in [-0.1, -0.05) is 0 Å². The van der Waals surface area contributed by atoms with Gasteiger partial charge in [-0.25, -0.2) is 9.97 Å². The zero-order chi connectivity index (χ0) is 11.5. The van der Waals surface area contributed by atoms with E-state index < -0.39 is 5.56 Å². The first-order valence-corrected chi connectivity index (χ1v) is 4.33. The second-order valence-electron chi connectivity index (χ2n) is 2.82. The minimum Gasteiger partial charge on any atom is -0.488 e. The first kappa shape index (κ1) is 9.92. The molecule has 0 saturated carbocycles. The summed E-state index contributed by atoms with van der Waals surface area (Å²) in [5.41, 5.74) is -0.412. The van der Waals surface area contributed by atoms with Crippen LogP contribution in [-0.4, -0.2) is 26.6 Å². The van der Waals surface area contributed by atoms with Crippen molar-refractivity contribution in [2.75, 3.05) is 7.11 Å². The molecule has 80 valence electrons. The minimum atomic E-state index is -0.412. The van der Waals surface area contributed by atoms with Gasteiger partial charge in [-0.05, 0) is 0 Å². The van der Waals surface area contributed by atoms with Crippen LogP contribution in [0.15, 0.2) is 23.5 Å². The van der Waals surface area contributed by atoms with Crippen molar-refractivity contribution in [1.82, 2.24) is 19.5 Å². The number of ether oxygens (including phenoxy) is 1. The Morgan fingerprint density at radius 3 is 3.06 bits per heavy atom. The van der Waals surface area contributed by atoms with Crippen LogP contribution in [-0.2, 0) is 0 Å². The number of hydrogen-bond donors (Lipinski definition) is 1. The third-order valence-electron chi connectivity index (χ3n) is 1.96. The lowest BCUT2D eigenvalue weighted by Gasteiger charge is -2.06. The third-order valence-corrected chi connectivity index (χ3v) is 1.96. The molecule has 0 aliphatic rings. The predicted octanol–water partition coefficient (Wildman–Crippen LogP) is -0.164. The van der Waals surface area contributed by atoms with Gasteiger partial charge in [0.1, 0.15) is 6.07 Å². The summed E-state index contributed by atoms with van der Waals surface area (Å²) in [5, 5.41) is 8.81. The van der Waals surface area contributed by atoms with Crippen molar-refractivity contribution in [3.63, 3.8) is 0 Å². The van der Waals surface area contributed by atoms with E-state index in [4.69, 9.17) is 10.00 Å². The Kier molecular flexibility index (Phi) is 2.39. The fraction of sp³-hybridized carbons (Fsp3) is 0.111. The lowest BCUT2D eigenvalue weighted by atomic mass is 10.5. The Morgan fingerprint density at radius 2 is 2.38 bits per heavy atom. The van der Waals surface area contributed by atoms with E-state index in [0.29, 0.717) is 0 Å². The number of imidazole rings is 1. The number of rotatable bonds is 2. The number of aromatic amines is 1. The zero-order valence-electron chi connectivity index (χ0n) is 8.34. The average Bonchev–Trinajstić information content (AvgIpc) is 2.76. The SMILES string of the molecule is COc1c(-n2ccnc2C#N)nc[nH]c1=O. The van der Waals surface area contributed by atoms with Gasteiger partial charge in [0, 0.05) is 12.4 Å². The van der Waals surface area contributed by atoms with Gasteiger partial charge in [-0.2, -0.15) is 5.26 Å². The van der Waals surface area contributed by atoms with Gasteiger partial charge in [0.2, 0.25) is 11.6 Å². The Morgan fingerprint density at radius 1 is 1.56 bits per heavy atom. The molecular formula is C9H7N5O2. The topological polar surface area (TPSA) is 96.6 Å². The molecule has 0 saturated heterocycles. The summed E-state index contributed by atoms with van der Waals surface area (Å²) in [7, 11) is 1.36. The van der Waals surface area contributed by atoms with E-state index in [-0.39, 0.29) is 17.4 Å². The minimum absolute atomic E-state index is 0.0389. The van der Waals surface area contributed by atoms with E-state index >= 15 is 0 Å². The van der Waals surface area contributed by atoms with E-state index in [2.05, 4.69) is 15.0 Å². The number of nitrogens with one attached hydrogen (secondary N) is 1. The largest absolute Gasteiger partial charge is 0.488 e. The van der Waals surface area contributed by atoms with Crippen LogP contribution in [0.1, 0.15) is 5.82 Å². The first-order chi connectivity index (χ1) is 7.77. The summed E-state index contributed by atoms with van der Waals surface area (Å²) in [5.74, 6) is 0.411. The Labute approximate surface area is 90.0 Å². The van der Waals surface area contributed by atoms with Crippen LogP contribution >= 0.6 is 0 Å². The normalized spacial score (nSPS) is 9.75. The third kappa shape index (κ3) is 1.42. The lowest BCUT2D eigenvalue weighted by molar-refractivity contribution is 0.403. The van der Waals surface area contributed by atoms with Gasteiger partial charge in [0.25, 0.3) is 5.56 Å². The smallest absolute Gasteiger partial charge is 0.295 e. The zero-order valence-corrected chi connectivity index (χ0v) is 8.34. The fourth-order valence-corrected chi connectivity index (χ4v) is 1.29. The second-order valence-corrected chi connectivity index (χ2v) is 2.82. The van der Waals surface area contributed by atoms with Crippen LogP contribution in [0.3, 0.4) is 0 Å². The molecule has 0 atom stereocenters. The first-order valence-electron chi connectivity index (χ1n) is 4.33. The van der Waals surface area contributed by atoms with E-state index in [1.807, 2.05) is 6.07 Å². The van der Waals surface area contributed by atoms with Gasteiger partial charge < -0.3 is 9.72 Å². The molecule has 0 aliphatic heterocycles. The van der Waals surface area contributed by atoms with Crippen LogP contribution < -0.4 is 10.3 Å². The van der Waals surface area contributed by atoms with E-state index in [1.54, 1.807) is 0 Å². The Hall–Kier alpha value is -2.62. The molecule has 7 nitrogen and oxygen atoms in total. The monoisotopic (exact) mass is 217 g/mol. The van der Waals surface area contributed by atoms with Crippen LogP contribution in [0.5, 0.6) is 5.75 Å². The Bertz CT molecular complexity index is 607. The number of nitriles is 1. The van der Waals surface area contributed by atoms with E-state index in [1.165, 1.54) is 30.4 Å². The highest BCUT2D eigenvalue weighted by Gasteiger charge is 2.13. The summed E-state index contributed by atoms with van der Waals surface area (Å²) in [4.78, 5) is 21.6. The van der Waals surface area contributed by atoms with Crippen LogP contribution in [0.2, 0.25) is 0 Å². The summed E-state index contributed by atoms with van der Waals surface area (Å²) in [6.45, 7) is 0. The van der Waals surface area contributed by atoms with Crippen LogP contribution in [0.25, 0.3) is 5.82 Å². The second kappa shape index (κ2) is 3.86. The van der Waals surface area contributed by atoms with Gasteiger partial charge in [-0.3, -0.25) is 9.36 Å². The molecule has 1 N–H and O–H groups in total. The quantitative estimate of drug-likeness (QED) is 0.753. The van der Waals surface area contributed by atoms with Gasteiger partial charge in [0.15, 0.2) is 5.82 Å². The molecule has 2 aromatic heterocycles. The van der Waals surface area contributed by atoms with Gasteiger partial charge in [0.05, 0.1) is 13.4 Å². The maximum Gasteiger partial charge on any atom is 0.295 e. The van der Waals surface area contributed by atoms with Crippen molar-refractivity contribution in [2.45, 2.75) is 0 Å². The van der Waals surface area contributed by atoms with Crippen molar-refractivity contribution < 1.29 is 4.74 Å². The van der Waals surface area contributed by atoms with Crippen LogP contribution in [0, 0.1) is 11.3 Å². The molecule has 2 aromatic rings. The molecule has 0 amide bonds. The molecule has 0 spiro atoms. The predicted molar refractivity (Wildman–Crippen MR) is 53.2 cm³/mol. The van der Waals surface area contributed by atoms with Crippen molar-refractivity contribution in [3.05, 3.63) is 34.9 Å². The molecular weight excluding hydrogens is 210 g/mol. The number of methoxy groups -OCH3 is 1. The molecule has 0 aliphatic carbocycles. The number of nitrogens with zero attached hydrogens (tertiary/aromatic N) is 4. The summed E-state index contributed by atoms with van der Waals surface area (Å²) >= 11 is 0. The average molecular weight is 217 g/mol. The number of hydrogen-bond acceptors (Lipinski definition) is 5. The van der Waals surface area contributed by atoms with Crippen molar-refractivity contribution in [3.8, 4) is 17.6 Å². The molecule has 0 fully saturated rings. The maximum atomic E-state index is 11.4. The summed E-state index contributed by atoms with van der Waals surface area (Å²) < 4.78 is 6.32. The molecule has 0 aromatic carbocycles. The van der Waals surface area contributed by atoms with Crippen molar-refractivity contribution in [2.24, 2.45) is 0 Å². The molecule has 0 radical (unpaired) electrons. The Balaban J connectivity index is 2.70. The van der Waals surface area contributed by atoms with Gasteiger partial charge in [-0.15, -0.1) is 0 Å². The summed E-state index contributed by atoms with van der Waals surface area (Å²) in [6.07, 6.45) is 4.21. The molecule has 0 bridgehead atoms. The number of H-pyrrole nitrogens is 1. The molecule has 0 unspecified atom stereocenters. The van der Waals surface area contributed by atoms with Crippen molar-refractivity contribution in [1.29, 1.82) is 5.26 Å². The highest BCUT2D eigenvalue weighted by molar-refractivity contribution is 5.40. The number of aromatic nitrogens is 4.